The highest BCUT2D eigenvalue weighted by atomic mass is 35.5. The van der Waals surface area contributed by atoms with Gasteiger partial charge >= 0.3 is 6.09 Å². The van der Waals surface area contributed by atoms with Gasteiger partial charge in [0.05, 0.1) is 11.4 Å². The molecule has 5 heteroatoms. The van der Waals surface area contributed by atoms with Gasteiger partial charge in [-0.1, -0.05) is 11.6 Å². The minimum atomic E-state index is -0.916. The maximum atomic E-state index is 11.3. The van der Waals surface area contributed by atoms with Crippen LogP contribution in [0, 0.1) is 5.92 Å². The average molecular weight is 253 g/mol. The Morgan fingerprint density at radius 2 is 2.24 bits per heavy atom. The zero-order chi connectivity index (χ0) is 12.0. The maximum absolute atomic E-state index is 11.3. The van der Waals surface area contributed by atoms with Gasteiger partial charge in [0, 0.05) is 17.6 Å². The molecule has 0 aromatic heterocycles. The van der Waals surface area contributed by atoms with Gasteiger partial charge in [0.2, 0.25) is 0 Å². The predicted molar refractivity (Wildman–Crippen MR) is 67.0 cm³/mol. The lowest BCUT2D eigenvalue weighted by Gasteiger charge is -2.34. The Morgan fingerprint density at radius 1 is 1.47 bits per heavy atom. The minimum absolute atomic E-state index is 0.236. The summed E-state index contributed by atoms with van der Waals surface area (Å²) < 4.78 is 0. The molecule has 4 nitrogen and oxygen atoms in total. The Labute approximate surface area is 104 Å². The number of nitrogens with one attached hydrogen (secondary N) is 1. The van der Waals surface area contributed by atoms with E-state index in [1.165, 1.54) is 17.7 Å². The molecule has 3 rings (SSSR count). The minimum Gasteiger partial charge on any atom is -0.465 e. The van der Waals surface area contributed by atoms with Crippen molar-refractivity contribution in [3.05, 3.63) is 23.2 Å². The Hall–Kier alpha value is -1.42. The van der Waals surface area contributed by atoms with Crippen LogP contribution in [0.2, 0.25) is 5.02 Å². The van der Waals surface area contributed by atoms with Gasteiger partial charge in [-0.2, -0.15) is 0 Å². The van der Waals surface area contributed by atoms with Crippen molar-refractivity contribution >= 4 is 29.1 Å². The van der Waals surface area contributed by atoms with E-state index in [0.717, 1.165) is 5.69 Å². The largest absolute Gasteiger partial charge is 0.465 e. The molecule has 1 aromatic rings. The van der Waals surface area contributed by atoms with Gasteiger partial charge in [-0.25, -0.2) is 4.79 Å². The summed E-state index contributed by atoms with van der Waals surface area (Å²) in [5.74, 6) is 0.612. The lowest BCUT2D eigenvalue weighted by molar-refractivity contribution is 0.201. The highest BCUT2D eigenvalue weighted by Crippen LogP contribution is 2.40. The number of rotatable bonds is 1. The van der Waals surface area contributed by atoms with Crippen LogP contribution in [0.25, 0.3) is 0 Å². The summed E-state index contributed by atoms with van der Waals surface area (Å²) in [6, 6.07) is 5.56. The summed E-state index contributed by atoms with van der Waals surface area (Å²) in [6.07, 6.45) is 1.46. The van der Waals surface area contributed by atoms with Crippen molar-refractivity contribution in [1.29, 1.82) is 0 Å². The van der Waals surface area contributed by atoms with Gasteiger partial charge in [0.1, 0.15) is 0 Å². The smallest absolute Gasteiger partial charge is 0.411 e. The number of nitrogens with zero attached hydrogens (tertiary/aromatic N) is 1. The molecule has 0 saturated heterocycles. The quantitative estimate of drug-likeness (QED) is 0.808. The molecule has 2 aliphatic rings. The van der Waals surface area contributed by atoms with Gasteiger partial charge < -0.3 is 10.4 Å². The van der Waals surface area contributed by atoms with Crippen molar-refractivity contribution in [3.8, 4) is 0 Å². The molecule has 1 aliphatic carbocycles. The van der Waals surface area contributed by atoms with Crippen LogP contribution in [0.3, 0.4) is 0 Å². The van der Waals surface area contributed by atoms with Crippen LogP contribution in [0.5, 0.6) is 0 Å². The number of carbonyl (C=O) groups is 1. The summed E-state index contributed by atoms with van der Waals surface area (Å²) in [5, 5.41) is 13.2. The number of benzene rings is 1. The first-order valence-corrected chi connectivity index (χ1v) is 6.09. The second kappa shape index (κ2) is 3.81. The molecule has 1 aliphatic heterocycles. The third-order valence-electron chi connectivity index (χ3n) is 3.39. The number of hydrogen-bond acceptors (Lipinski definition) is 2. The first kappa shape index (κ1) is 10.7. The average Bonchev–Trinajstić information content (AvgIpc) is 3.11. The second-order valence-electron chi connectivity index (χ2n) is 4.64. The molecule has 2 N–H and O–H groups in total. The molecule has 1 fully saturated rings. The molecule has 90 valence electrons. The van der Waals surface area contributed by atoms with Crippen molar-refractivity contribution < 1.29 is 9.90 Å². The van der Waals surface area contributed by atoms with Crippen LogP contribution >= 0.6 is 11.6 Å². The Morgan fingerprint density at radius 3 is 2.88 bits per heavy atom. The molecule has 0 unspecified atom stereocenters. The van der Waals surface area contributed by atoms with E-state index >= 15 is 0 Å². The van der Waals surface area contributed by atoms with Crippen LogP contribution in [0.1, 0.15) is 12.8 Å². The fraction of sp³-hybridized carbons (Fsp3) is 0.417. The summed E-state index contributed by atoms with van der Waals surface area (Å²) in [7, 11) is 0. The van der Waals surface area contributed by atoms with Crippen molar-refractivity contribution in [1.82, 2.24) is 0 Å². The highest BCUT2D eigenvalue weighted by Gasteiger charge is 2.37. The van der Waals surface area contributed by atoms with Gasteiger partial charge in [-0.15, -0.1) is 0 Å². The third-order valence-corrected chi connectivity index (χ3v) is 3.63. The van der Waals surface area contributed by atoms with Crippen molar-refractivity contribution in [2.24, 2.45) is 5.92 Å². The summed E-state index contributed by atoms with van der Waals surface area (Å²) in [5.41, 5.74) is 1.52. The van der Waals surface area contributed by atoms with Crippen LogP contribution in [-0.4, -0.2) is 23.8 Å². The maximum Gasteiger partial charge on any atom is 0.411 e. The number of carboxylic acid groups (broad SMARTS) is 1. The van der Waals surface area contributed by atoms with Crippen LogP contribution in [0.4, 0.5) is 16.2 Å². The fourth-order valence-corrected chi connectivity index (χ4v) is 2.50. The molecule has 1 atom stereocenters. The van der Waals surface area contributed by atoms with E-state index in [9.17, 15) is 9.90 Å². The van der Waals surface area contributed by atoms with E-state index in [0.29, 0.717) is 23.2 Å². The molecule has 1 amide bonds. The van der Waals surface area contributed by atoms with Crippen molar-refractivity contribution in [2.75, 3.05) is 16.8 Å². The number of fused-ring (bicyclic) bond motifs is 1. The highest BCUT2D eigenvalue weighted by molar-refractivity contribution is 6.31. The van der Waals surface area contributed by atoms with E-state index in [1.54, 1.807) is 12.1 Å². The molecule has 1 heterocycles. The first-order valence-electron chi connectivity index (χ1n) is 5.71. The van der Waals surface area contributed by atoms with Gasteiger partial charge in [0.25, 0.3) is 0 Å². The zero-order valence-electron chi connectivity index (χ0n) is 9.19. The second-order valence-corrected chi connectivity index (χ2v) is 5.08. The van der Waals surface area contributed by atoms with E-state index < -0.39 is 6.09 Å². The number of anilines is 2. The molecule has 0 spiro atoms. The number of hydrogen-bond donors (Lipinski definition) is 2. The third kappa shape index (κ3) is 1.93. The van der Waals surface area contributed by atoms with Crippen LogP contribution in [-0.2, 0) is 0 Å². The summed E-state index contributed by atoms with van der Waals surface area (Å²) >= 11 is 5.91. The van der Waals surface area contributed by atoms with E-state index in [1.807, 2.05) is 6.07 Å². The zero-order valence-corrected chi connectivity index (χ0v) is 9.94. The van der Waals surface area contributed by atoms with Crippen molar-refractivity contribution in [2.45, 2.75) is 18.9 Å². The fourth-order valence-electron chi connectivity index (χ4n) is 2.34. The summed E-state index contributed by atoms with van der Waals surface area (Å²) in [6.45, 7) is 0.507. The Balaban J connectivity index is 1.98. The van der Waals surface area contributed by atoms with Crippen molar-refractivity contribution in [3.63, 3.8) is 0 Å². The van der Waals surface area contributed by atoms with Gasteiger partial charge in [-0.3, -0.25) is 4.90 Å². The number of halogens is 1. The normalized spacial score (nSPS) is 22.9. The molecule has 1 saturated carbocycles. The molecule has 1 aromatic carbocycles. The molecular weight excluding hydrogens is 240 g/mol. The lowest BCUT2D eigenvalue weighted by Crippen LogP contribution is -2.45. The van der Waals surface area contributed by atoms with E-state index in [4.69, 9.17) is 11.6 Å². The topological polar surface area (TPSA) is 52.6 Å². The van der Waals surface area contributed by atoms with E-state index in [2.05, 4.69) is 5.32 Å². The molecule has 17 heavy (non-hydrogen) atoms. The molecular formula is C12H13ClN2O2. The summed E-state index contributed by atoms with van der Waals surface area (Å²) in [4.78, 5) is 12.7. The Kier molecular flexibility index (Phi) is 2.40. The standard InChI is InChI=1S/C12H13ClN2O2/c13-8-3-4-9-11(5-8)15(12(16)17)6-10(14-9)7-1-2-7/h3-5,7,10,14H,1-2,6H2,(H,16,17)/t10-/m1/s1. The SMILES string of the molecule is O=C(O)N1C[C@H](C2CC2)Nc2ccc(Cl)cc21. The van der Waals surface area contributed by atoms with E-state index in [-0.39, 0.29) is 6.04 Å². The molecule has 0 radical (unpaired) electrons. The predicted octanol–water partition coefficient (Wildman–Crippen LogP) is 3.03. The number of amides is 1. The molecule has 0 bridgehead atoms. The van der Waals surface area contributed by atoms with Crippen LogP contribution < -0.4 is 10.2 Å². The van der Waals surface area contributed by atoms with Gasteiger partial charge in [0.15, 0.2) is 0 Å². The Bertz CT molecular complexity index is 474. The van der Waals surface area contributed by atoms with Gasteiger partial charge in [-0.05, 0) is 37.0 Å². The lowest BCUT2D eigenvalue weighted by atomic mass is 10.1. The monoisotopic (exact) mass is 252 g/mol. The van der Waals surface area contributed by atoms with Crippen LogP contribution in [0.15, 0.2) is 18.2 Å². The first-order chi connectivity index (χ1) is 8.15.